The second-order valence-corrected chi connectivity index (χ2v) is 6.28. The van der Waals surface area contributed by atoms with E-state index < -0.39 is 0 Å². The highest BCUT2D eigenvalue weighted by atomic mass is 35.5. The molecule has 1 aliphatic heterocycles. The molecule has 1 saturated heterocycles. The van der Waals surface area contributed by atoms with Gasteiger partial charge in [-0.25, -0.2) is 4.98 Å². The van der Waals surface area contributed by atoms with E-state index in [0.29, 0.717) is 29.5 Å². The fraction of sp³-hybridized carbons (Fsp3) is 0.412. The number of benzene rings is 1. The summed E-state index contributed by atoms with van der Waals surface area (Å²) in [5.74, 6) is 1.41. The summed E-state index contributed by atoms with van der Waals surface area (Å²) in [4.78, 5) is 18.3. The van der Waals surface area contributed by atoms with Crippen molar-refractivity contribution in [1.82, 2.24) is 9.88 Å². The first-order valence-electron chi connectivity index (χ1n) is 7.86. The molecule has 0 atom stereocenters. The van der Waals surface area contributed by atoms with Crippen molar-refractivity contribution in [3.8, 4) is 11.3 Å². The number of carbonyl (C=O) groups excluding carboxylic acids is 1. The Morgan fingerprint density at radius 3 is 2.52 bits per heavy atom. The maximum Gasteiger partial charge on any atom is 0.223 e. The number of aromatic nitrogens is 1. The van der Waals surface area contributed by atoms with E-state index in [0.717, 1.165) is 31.5 Å². The average Bonchev–Trinajstić information content (AvgIpc) is 3.03. The van der Waals surface area contributed by atoms with Crippen LogP contribution in [0.5, 0.6) is 0 Å². The lowest BCUT2D eigenvalue weighted by Crippen LogP contribution is -2.42. The standard InChI is InChI=1S/C17H20ClN3O2.2ClH/c18-13-3-1-12(2-4-13)15-11-20-16(23-15)5-6-17(22)21-9-7-14(19)8-10-21;;/h1-4,11,14H,5-10,19H2;2*1H. The summed E-state index contributed by atoms with van der Waals surface area (Å²) in [7, 11) is 0. The molecule has 2 aromatic rings. The summed E-state index contributed by atoms with van der Waals surface area (Å²) >= 11 is 5.88. The SMILES string of the molecule is Cl.Cl.NC1CCN(C(=O)CCc2ncc(-c3ccc(Cl)cc3)o2)CC1. The number of rotatable bonds is 4. The van der Waals surface area contributed by atoms with Gasteiger partial charge in [-0.15, -0.1) is 24.8 Å². The summed E-state index contributed by atoms with van der Waals surface area (Å²) < 4.78 is 5.72. The summed E-state index contributed by atoms with van der Waals surface area (Å²) in [6.45, 7) is 1.50. The van der Waals surface area contributed by atoms with Gasteiger partial charge < -0.3 is 15.1 Å². The van der Waals surface area contributed by atoms with Crippen LogP contribution in [0.2, 0.25) is 5.02 Å². The Kier molecular flexibility index (Phi) is 8.73. The molecule has 2 N–H and O–H groups in total. The van der Waals surface area contributed by atoms with Crippen LogP contribution in [0.15, 0.2) is 34.9 Å². The van der Waals surface area contributed by atoms with Crippen molar-refractivity contribution in [3.63, 3.8) is 0 Å². The molecule has 1 aliphatic rings. The van der Waals surface area contributed by atoms with Crippen molar-refractivity contribution >= 4 is 42.3 Å². The fourth-order valence-electron chi connectivity index (χ4n) is 2.69. The molecule has 25 heavy (non-hydrogen) atoms. The Morgan fingerprint density at radius 2 is 1.88 bits per heavy atom. The minimum absolute atomic E-state index is 0. The van der Waals surface area contributed by atoms with E-state index in [-0.39, 0.29) is 36.8 Å². The first kappa shape index (κ1) is 21.8. The third kappa shape index (κ3) is 5.89. The van der Waals surface area contributed by atoms with E-state index in [1.54, 1.807) is 6.20 Å². The van der Waals surface area contributed by atoms with Crippen LogP contribution < -0.4 is 5.73 Å². The fourth-order valence-corrected chi connectivity index (χ4v) is 2.82. The Labute approximate surface area is 164 Å². The number of amides is 1. The molecule has 2 heterocycles. The third-order valence-corrected chi connectivity index (χ3v) is 4.38. The smallest absolute Gasteiger partial charge is 0.223 e. The number of nitrogens with zero attached hydrogens (tertiary/aromatic N) is 2. The van der Waals surface area contributed by atoms with Crippen LogP contribution in [0.1, 0.15) is 25.2 Å². The predicted octanol–water partition coefficient (Wildman–Crippen LogP) is 3.72. The molecule has 1 fully saturated rings. The maximum atomic E-state index is 12.2. The lowest BCUT2D eigenvalue weighted by Gasteiger charge is -2.30. The molecule has 138 valence electrons. The van der Waals surface area contributed by atoms with Crippen molar-refractivity contribution in [2.45, 2.75) is 31.7 Å². The summed E-state index contributed by atoms with van der Waals surface area (Å²) in [6.07, 6.45) is 4.37. The number of hydrogen-bond donors (Lipinski definition) is 1. The van der Waals surface area contributed by atoms with Gasteiger partial charge >= 0.3 is 0 Å². The zero-order valence-corrected chi connectivity index (χ0v) is 16.1. The Hall–Kier alpha value is -1.27. The quantitative estimate of drug-likeness (QED) is 0.840. The van der Waals surface area contributed by atoms with Crippen LogP contribution in [0, 0.1) is 0 Å². The molecular formula is C17H22Cl3N3O2. The van der Waals surface area contributed by atoms with E-state index in [1.807, 2.05) is 29.2 Å². The van der Waals surface area contributed by atoms with E-state index in [4.69, 9.17) is 21.8 Å². The third-order valence-electron chi connectivity index (χ3n) is 4.13. The first-order valence-corrected chi connectivity index (χ1v) is 8.23. The Balaban J connectivity index is 0.00000156. The van der Waals surface area contributed by atoms with Gasteiger partial charge in [-0.3, -0.25) is 4.79 Å². The van der Waals surface area contributed by atoms with Crippen molar-refractivity contribution in [3.05, 3.63) is 41.4 Å². The van der Waals surface area contributed by atoms with Gasteiger partial charge in [-0.1, -0.05) is 11.6 Å². The molecule has 0 spiro atoms. The molecule has 3 rings (SSSR count). The first-order chi connectivity index (χ1) is 11.1. The number of nitrogens with two attached hydrogens (primary N) is 1. The molecule has 0 aliphatic carbocycles. The number of oxazole rings is 1. The number of aryl methyl sites for hydroxylation is 1. The number of likely N-dealkylation sites (tertiary alicyclic amines) is 1. The van der Waals surface area contributed by atoms with Crippen LogP contribution in [0.25, 0.3) is 11.3 Å². The van der Waals surface area contributed by atoms with Gasteiger partial charge in [0.05, 0.1) is 6.20 Å². The molecule has 8 heteroatoms. The monoisotopic (exact) mass is 405 g/mol. The van der Waals surface area contributed by atoms with Crippen LogP contribution in [0.3, 0.4) is 0 Å². The highest BCUT2D eigenvalue weighted by Gasteiger charge is 2.20. The molecule has 1 aromatic carbocycles. The zero-order chi connectivity index (χ0) is 16.2. The van der Waals surface area contributed by atoms with E-state index in [2.05, 4.69) is 4.98 Å². The van der Waals surface area contributed by atoms with Gasteiger partial charge in [0.1, 0.15) is 0 Å². The molecule has 1 amide bonds. The van der Waals surface area contributed by atoms with Crippen LogP contribution in [-0.4, -0.2) is 34.9 Å². The van der Waals surface area contributed by atoms with Crippen LogP contribution in [0.4, 0.5) is 0 Å². The van der Waals surface area contributed by atoms with Crippen molar-refractivity contribution in [1.29, 1.82) is 0 Å². The van der Waals surface area contributed by atoms with Gasteiger partial charge in [0.15, 0.2) is 11.7 Å². The lowest BCUT2D eigenvalue weighted by atomic mass is 10.1. The summed E-state index contributed by atoms with van der Waals surface area (Å²) in [5, 5.41) is 0.681. The van der Waals surface area contributed by atoms with Gasteiger partial charge in [0, 0.05) is 42.6 Å². The molecule has 1 aromatic heterocycles. The van der Waals surface area contributed by atoms with Gasteiger partial charge in [0.2, 0.25) is 5.91 Å². The second-order valence-electron chi connectivity index (χ2n) is 5.84. The molecule has 5 nitrogen and oxygen atoms in total. The summed E-state index contributed by atoms with van der Waals surface area (Å²) in [5.41, 5.74) is 6.78. The lowest BCUT2D eigenvalue weighted by molar-refractivity contribution is -0.132. The zero-order valence-electron chi connectivity index (χ0n) is 13.7. The minimum Gasteiger partial charge on any atom is -0.441 e. The normalized spacial score (nSPS) is 14.6. The van der Waals surface area contributed by atoms with Crippen LogP contribution >= 0.6 is 36.4 Å². The maximum absolute atomic E-state index is 12.2. The van der Waals surface area contributed by atoms with Gasteiger partial charge in [-0.2, -0.15) is 0 Å². The number of hydrogen-bond acceptors (Lipinski definition) is 4. The van der Waals surface area contributed by atoms with Gasteiger partial charge in [0.25, 0.3) is 0 Å². The van der Waals surface area contributed by atoms with Crippen LogP contribution in [-0.2, 0) is 11.2 Å². The molecule has 0 saturated carbocycles. The van der Waals surface area contributed by atoms with Crippen molar-refractivity contribution in [2.24, 2.45) is 5.73 Å². The van der Waals surface area contributed by atoms with Crippen molar-refractivity contribution in [2.75, 3.05) is 13.1 Å². The van der Waals surface area contributed by atoms with Crippen molar-refractivity contribution < 1.29 is 9.21 Å². The average molecular weight is 407 g/mol. The molecular weight excluding hydrogens is 385 g/mol. The topological polar surface area (TPSA) is 72.4 Å². The molecule has 0 bridgehead atoms. The van der Waals surface area contributed by atoms with E-state index in [9.17, 15) is 4.79 Å². The highest BCUT2D eigenvalue weighted by Crippen LogP contribution is 2.23. The predicted molar refractivity (Wildman–Crippen MR) is 104 cm³/mol. The second kappa shape index (κ2) is 10.0. The molecule has 0 unspecified atom stereocenters. The molecule has 0 radical (unpaired) electrons. The Bertz CT molecular complexity index is 668. The highest BCUT2D eigenvalue weighted by molar-refractivity contribution is 6.30. The van der Waals surface area contributed by atoms with Gasteiger partial charge in [-0.05, 0) is 37.1 Å². The summed E-state index contributed by atoms with van der Waals surface area (Å²) in [6, 6.07) is 7.62. The number of carbonyl (C=O) groups is 1. The minimum atomic E-state index is 0. The number of piperidine rings is 1. The number of halogens is 3. The Morgan fingerprint density at radius 1 is 1.24 bits per heavy atom. The van der Waals surface area contributed by atoms with E-state index in [1.165, 1.54) is 0 Å². The van der Waals surface area contributed by atoms with E-state index >= 15 is 0 Å². The largest absolute Gasteiger partial charge is 0.441 e.